The predicted octanol–water partition coefficient (Wildman–Crippen LogP) is 0.550. The average molecular weight is 273 g/mol. The van der Waals surface area contributed by atoms with Crippen molar-refractivity contribution in [3.05, 3.63) is 47.9 Å². The summed E-state index contributed by atoms with van der Waals surface area (Å²) in [6.45, 7) is 0. The zero-order valence-electron chi connectivity index (χ0n) is 11.2. The maximum Gasteiger partial charge on any atom is 0.286 e. The minimum atomic E-state index is -0.428. The maximum atomic E-state index is 11.8. The van der Waals surface area contributed by atoms with Crippen molar-refractivity contribution in [2.45, 2.75) is 0 Å². The number of nitrogens with zero attached hydrogens (tertiary/aromatic N) is 2. The third kappa shape index (κ3) is 3.14. The summed E-state index contributed by atoms with van der Waals surface area (Å²) < 4.78 is 0. The van der Waals surface area contributed by atoms with Crippen LogP contribution in [0.15, 0.2) is 36.7 Å². The van der Waals surface area contributed by atoms with E-state index in [1.807, 2.05) is 19.0 Å². The Morgan fingerprint density at radius 1 is 1.15 bits per heavy atom. The summed E-state index contributed by atoms with van der Waals surface area (Å²) in [7, 11) is 3.72. The van der Waals surface area contributed by atoms with Crippen molar-refractivity contribution >= 4 is 17.6 Å². The third-order valence-electron chi connectivity index (χ3n) is 2.60. The van der Waals surface area contributed by atoms with Gasteiger partial charge in [0.2, 0.25) is 0 Å². The lowest BCUT2D eigenvalue weighted by atomic mass is 10.2. The Bertz CT molecular complexity index is 590. The maximum absolute atomic E-state index is 11.8. The van der Waals surface area contributed by atoms with Gasteiger partial charge >= 0.3 is 0 Å². The molecule has 2 aromatic rings. The second kappa shape index (κ2) is 5.87. The highest BCUT2D eigenvalue weighted by atomic mass is 16.2. The van der Waals surface area contributed by atoms with Crippen molar-refractivity contribution in [2.75, 3.05) is 19.0 Å². The summed E-state index contributed by atoms with van der Waals surface area (Å²) in [5.74, 6) is -0.0964. The first-order valence-corrected chi connectivity index (χ1v) is 5.95. The fourth-order valence-corrected chi connectivity index (χ4v) is 1.51. The molecule has 0 aliphatic heterocycles. The number of pyridine rings is 1. The smallest absolute Gasteiger partial charge is 0.286 e. The van der Waals surface area contributed by atoms with Gasteiger partial charge in [-0.2, -0.15) is 0 Å². The first-order chi connectivity index (χ1) is 9.58. The van der Waals surface area contributed by atoms with Crippen molar-refractivity contribution in [3.63, 3.8) is 0 Å². The zero-order valence-corrected chi connectivity index (χ0v) is 11.2. The summed E-state index contributed by atoms with van der Waals surface area (Å²) in [6.07, 6.45) is 3.08. The van der Waals surface area contributed by atoms with E-state index in [1.165, 1.54) is 6.20 Å². The number of aromatic nitrogens is 2. The summed E-state index contributed by atoms with van der Waals surface area (Å²) >= 11 is 0. The molecule has 7 nitrogen and oxygen atoms in total. The topological polar surface area (TPSA) is 90.1 Å². The van der Waals surface area contributed by atoms with E-state index in [2.05, 4.69) is 20.8 Å². The number of carbonyl (C=O) groups excluding carboxylic acids is 2. The number of carbonyl (C=O) groups is 2. The summed E-state index contributed by atoms with van der Waals surface area (Å²) in [5.41, 5.74) is 5.37. The molecule has 0 aliphatic carbocycles. The van der Waals surface area contributed by atoms with Gasteiger partial charge in [-0.1, -0.05) is 0 Å². The van der Waals surface area contributed by atoms with Crippen molar-refractivity contribution in [1.82, 2.24) is 20.8 Å². The molecule has 0 bridgehead atoms. The number of rotatable bonds is 3. The van der Waals surface area contributed by atoms with Gasteiger partial charge in [0, 0.05) is 26.5 Å². The second-order valence-electron chi connectivity index (χ2n) is 4.29. The van der Waals surface area contributed by atoms with E-state index in [1.54, 1.807) is 30.5 Å². The Kier molecular flexibility index (Phi) is 3.99. The van der Waals surface area contributed by atoms with Crippen LogP contribution in [0.25, 0.3) is 0 Å². The molecule has 0 saturated carbocycles. The zero-order chi connectivity index (χ0) is 14.5. The van der Waals surface area contributed by atoms with E-state index in [4.69, 9.17) is 0 Å². The number of hydrogen-bond acceptors (Lipinski definition) is 4. The Morgan fingerprint density at radius 3 is 2.45 bits per heavy atom. The van der Waals surface area contributed by atoms with Crippen molar-refractivity contribution in [1.29, 1.82) is 0 Å². The van der Waals surface area contributed by atoms with Crippen molar-refractivity contribution in [2.24, 2.45) is 0 Å². The minimum Gasteiger partial charge on any atom is -0.363 e. The molecule has 2 rings (SSSR count). The molecule has 3 N–H and O–H groups in total. The number of amides is 2. The lowest BCUT2D eigenvalue weighted by molar-refractivity contribution is 0.0844. The van der Waals surface area contributed by atoms with Crippen LogP contribution in [0.3, 0.4) is 0 Å². The Balaban J connectivity index is 1.93. The van der Waals surface area contributed by atoms with Crippen LogP contribution in [0.4, 0.5) is 5.82 Å². The number of H-pyrrole nitrogens is 1. The van der Waals surface area contributed by atoms with Crippen LogP contribution in [0.5, 0.6) is 0 Å². The van der Waals surface area contributed by atoms with Gasteiger partial charge in [0.1, 0.15) is 11.5 Å². The molecule has 2 heterocycles. The SMILES string of the molecule is CN(C)c1ccc(C(=O)NNC(=O)c2ccc[nH]2)cn1. The van der Waals surface area contributed by atoms with Gasteiger partial charge in [-0.15, -0.1) is 0 Å². The molecule has 0 unspecified atom stereocenters. The molecule has 0 atom stereocenters. The Hall–Kier alpha value is -2.83. The van der Waals surface area contributed by atoms with Gasteiger partial charge < -0.3 is 9.88 Å². The first kappa shape index (κ1) is 13.6. The fraction of sp³-hybridized carbons (Fsp3) is 0.154. The molecule has 0 fully saturated rings. The molecule has 7 heteroatoms. The van der Waals surface area contributed by atoms with Gasteiger partial charge in [0.05, 0.1) is 5.56 Å². The molecule has 20 heavy (non-hydrogen) atoms. The van der Waals surface area contributed by atoms with Gasteiger partial charge in [-0.3, -0.25) is 20.4 Å². The fourth-order valence-electron chi connectivity index (χ4n) is 1.51. The summed E-state index contributed by atoms with van der Waals surface area (Å²) in [4.78, 5) is 32.1. The van der Waals surface area contributed by atoms with Crippen LogP contribution in [-0.4, -0.2) is 35.9 Å². The van der Waals surface area contributed by atoms with Crippen LogP contribution < -0.4 is 15.8 Å². The monoisotopic (exact) mass is 273 g/mol. The number of anilines is 1. The molecule has 104 valence electrons. The van der Waals surface area contributed by atoms with Crippen LogP contribution in [0.1, 0.15) is 20.8 Å². The first-order valence-electron chi connectivity index (χ1n) is 5.95. The van der Waals surface area contributed by atoms with E-state index in [0.717, 1.165) is 5.82 Å². The average Bonchev–Trinajstić information content (AvgIpc) is 2.98. The van der Waals surface area contributed by atoms with E-state index in [9.17, 15) is 9.59 Å². The molecular weight excluding hydrogens is 258 g/mol. The van der Waals surface area contributed by atoms with Crippen molar-refractivity contribution in [3.8, 4) is 0 Å². The lowest BCUT2D eigenvalue weighted by Gasteiger charge is -2.11. The highest BCUT2D eigenvalue weighted by Crippen LogP contribution is 2.07. The molecule has 2 aromatic heterocycles. The highest BCUT2D eigenvalue weighted by Gasteiger charge is 2.10. The van der Waals surface area contributed by atoms with E-state index >= 15 is 0 Å². The van der Waals surface area contributed by atoms with E-state index in [-0.39, 0.29) is 0 Å². The van der Waals surface area contributed by atoms with Gasteiger partial charge in [0.15, 0.2) is 0 Å². The van der Waals surface area contributed by atoms with Crippen LogP contribution in [0, 0.1) is 0 Å². The van der Waals surface area contributed by atoms with Crippen LogP contribution in [0.2, 0.25) is 0 Å². The molecule has 2 amide bonds. The minimum absolute atomic E-state index is 0.363. The number of hydrazine groups is 1. The Labute approximate surface area is 116 Å². The van der Waals surface area contributed by atoms with Crippen LogP contribution in [-0.2, 0) is 0 Å². The number of nitrogens with one attached hydrogen (secondary N) is 3. The summed E-state index contributed by atoms with van der Waals surface area (Å²) in [5, 5.41) is 0. The molecule has 0 spiro atoms. The Morgan fingerprint density at radius 2 is 1.90 bits per heavy atom. The number of hydrogen-bond donors (Lipinski definition) is 3. The summed E-state index contributed by atoms with van der Waals surface area (Å²) in [6, 6.07) is 6.66. The van der Waals surface area contributed by atoms with Crippen LogP contribution >= 0.6 is 0 Å². The van der Waals surface area contributed by atoms with Gasteiger partial charge in [-0.25, -0.2) is 4.98 Å². The van der Waals surface area contributed by atoms with E-state index < -0.39 is 11.8 Å². The largest absolute Gasteiger partial charge is 0.363 e. The number of aromatic amines is 1. The van der Waals surface area contributed by atoms with Gasteiger partial charge in [0.25, 0.3) is 11.8 Å². The molecular formula is C13H15N5O2. The molecule has 0 aromatic carbocycles. The molecule has 0 aliphatic rings. The lowest BCUT2D eigenvalue weighted by Crippen LogP contribution is -2.41. The molecule has 0 saturated heterocycles. The predicted molar refractivity (Wildman–Crippen MR) is 74.3 cm³/mol. The van der Waals surface area contributed by atoms with E-state index in [0.29, 0.717) is 11.3 Å². The van der Waals surface area contributed by atoms with Crippen molar-refractivity contribution < 1.29 is 9.59 Å². The highest BCUT2D eigenvalue weighted by molar-refractivity contribution is 5.98. The quantitative estimate of drug-likeness (QED) is 0.712. The standard InChI is InChI=1S/C13H15N5O2/c1-18(2)11-6-5-9(8-15-11)12(19)16-17-13(20)10-4-3-7-14-10/h3-8,14H,1-2H3,(H,16,19)(H,17,20). The molecule has 0 radical (unpaired) electrons. The van der Waals surface area contributed by atoms with Gasteiger partial charge in [-0.05, 0) is 24.3 Å². The normalized spacial score (nSPS) is 9.90. The second-order valence-corrected chi connectivity index (χ2v) is 4.29. The third-order valence-corrected chi connectivity index (χ3v) is 2.60.